The first kappa shape index (κ1) is 26.7. The van der Waals surface area contributed by atoms with Gasteiger partial charge in [-0.25, -0.2) is 29.3 Å². The van der Waals surface area contributed by atoms with Crippen molar-refractivity contribution in [1.82, 2.24) is 24.1 Å². The molecule has 2 unspecified atom stereocenters. The van der Waals surface area contributed by atoms with E-state index in [1.807, 2.05) is 18.2 Å². The molecular formula is C28H29N9O3. The number of hydrogen-bond acceptors (Lipinski definition) is 9. The minimum Gasteiger partial charge on any atom is -0.340 e. The molecule has 2 atom stereocenters. The van der Waals surface area contributed by atoms with Gasteiger partial charge in [-0.15, -0.1) is 0 Å². The van der Waals surface area contributed by atoms with Crippen molar-refractivity contribution in [3.63, 3.8) is 0 Å². The van der Waals surface area contributed by atoms with Gasteiger partial charge in [-0.1, -0.05) is 12.1 Å². The quantitative estimate of drug-likeness (QED) is 0.429. The number of rotatable bonds is 8. The van der Waals surface area contributed by atoms with Crippen molar-refractivity contribution in [2.45, 2.75) is 33.2 Å². The summed E-state index contributed by atoms with van der Waals surface area (Å²) in [5.41, 5.74) is 1.16. The number of allylic oxidation sites excluding steroid dienone is 1. The molecule has 1 amide bonds. The molecule has 3 aromatic rings. The summed E-state index contributed by atoms with van der Waals surface area (Å²) in [6.45, 7) is 5.03. The van der Waals surface area contributed by atoms with Crippen LogP contribution in [0.1, 0.15) is 25.3 Å². The summed E-state index contributed by atoms with van der Waals surface area (Å²) in [6, 6.07) is 7.17. The maximum absolute atomic E-state index is 12.6. The van der Waals surface area contributed by atoms with Gasteiger partial charge in [0, 0.05) is 50.7 Å². The molecule has 1 aliphatic heterocycles. The van der Waals surface area contributed by atoms with Gasteiger partial charge in [0.2, 0.25) is 11.9 Å². The lowest BCUT2D eigenvalue weighted by molar-refractivity contribution is -0.115. The van der Waals surface area contributed by atoms with Gasteiger partial charge in [-0.2, -0.15) is 5.26 Å². The molecule has 0 aromatic carbocycles. The fourth-order valence-electron chi connectivity index (χ4n) is 4.81. The van der Waals surface area contributed by atoms with Crippen molar-refractivity contribution >= 4 is 29.7 Å². The highest BCUT2D eigenvalue weighted by Crippen LogP contribution is 2.45. The Kier molecular flexibility index (Phi) is 7.37. The van der Waals surface area contributed by atoms with Gasteiger partial charge in [-0.05, 0) is 49.8 Å². The van der Waals surface area contributed by atoms with E-state index in [2.05, 4.69) is 30.2 Å². The van der Waals surface area contributed by atoms with Crippen LogP contribution in [0.25, 0.3) is 11.3 Å². The first-order valence-electron chi connectivity index (χ1n) is 13.0. The van der Waals surface area contributed by atoms with Gasteiger partial charge < -0.3 is 10.2 Å². The Bertz CT molecular complexity index is 1630. The molecule has 1 saturated heterocycles. The van der Waals surface area contributed by atoms with E-state index in [1.54, 1.807) is 38.4 Å². The molecule has 0 spiro atoms. The molecule has 12 heteroatoms. The summed E-state index contributed by atoms with van der Waals surface area (Å²) in [6.07, 6.45) is 8.08. The van der Waals surface area contributed by atoms with Gasteiger partial charge in [-0.3, -0.25) is 14.2 Å². The van der Waals surface area contributed by atoms with Crippen molar-refractivity contribution < 1.29 is 4.79 Å². The fraction of sp³-hybridized carbons (Fsp3) is 0.357. The number of anilines is 2. The number of nitriles is 1. The van der Waals surface area contributed by atoms with Gasteiger partial charge in [0.05, 0.1) is 17.3 Å². The smallest absolute Gasteiger partial charge is 0.333 e. The van der Waals surface area contributed by atoms with Crippen LogP contribution in [-0.4, -0.2) is 49.3 Å². The minimum absolute atomic E-state index is 0.0705. The highest BCUT2D eigenvalue weighted by molar-refractivity contribution is 5.92. The van der Waals surface area contributed by atoms with E-state index >= 15 is 0 Å². The molecule has 204 valence electrons. The van der Waals surface area contributed by atoms with Crippen LogP contribution in [0.3, 0.4) is 0 Å². The predicted octanol–water partition coefficient (Wildman–Crippen LogP) is 2.36. The number of hydrogen-bond donors (Lipinski definition) is 1. The third kappa shape index (κ3) is 5.58. The van der Waals surface area contributed by atoms with E-state index in [0.29, 0.717) is 17.1 Å². The fourth-order valence-corrected chi connectivity index (χ4v) is 4.81. The number of amides is 1. The third-order valence-electron chi connectivity index (χ3n) is 7.18. The zero-order valence-electron chi connectivity index (χ0n) is 22.5. The topological polar surface area (TPSA) is 151 Å². The summed E-state index contributed by atoms with van der Waals surface area (Å²) in [5, 5.41) is 11.7. The zero-order valence-corrected chi connectivity index (χ0v) is 22.5. The Morgan fingerprint density at radius 2 is 1.95 bits per heavy atom. The normalized spacial score (nSPS) is 18.1. The minimum atomic E-state index is -0.620. The number of aliphatic imine (C=N–C) groups is 1. The lowest BCUT2D eigenvalue weighted by Gasteiger charge is -2.17. The van der Waals surface area contributed by atoms with E-state index < -0.39 is 11.2 Å². The van der Waals surface area contributed by atoms with E-state index in [9.17, 15) is 14.4 Å². The molecule has 1 saturated carbocycles. The Balaban J connectivity index is 1.21. The Labute approximate surface area is 230 Å². The third-order valence-corrected chi connectivity index (χ3v) is 7.18. The molecule has 40 heavy (non-hydrogen) atoms. The van der Waals surface area contributed by atoms with Crippen LogP contribution < -0.4 is 21.5 Å². The maximum Gasteiger partial charge on any atom is 0.333 e. The number of aromatic nitrogens is 5. The van der Waals surface area contributed by atoms with Crippen LogP contribution in [0.5, 0.6) is 0 Å². The van der Waals surface area contributed by atoms with Crippen molar-refractivity contribution in [2.24, 2.45) is 23.9 Å². The number of fused-ring (bicyclic) bond motifs is 1. The molecule has 3 aromatic heterocycles. The largest absolute Gasteiger partial charge is 0.340 e. The molecule has 1 aliphatic carbocycles. The molecule has 4 heterocycles. The Morgan fingerprint density at radius 3 is 2.65 bits per heavy atom. The highest BCUT2D eigenvalue weighted by Gasteiger charge is 2.45. The molecule has 5 rings (SSSR count). The number of piperidine rings is 1. The Morgan fingerprint density at radius 1 is 1.23 bits per heavy atom. The predicted molar refractivity (Wildman–Crippen MR) is 151 cm³/mol. The molecule has 1 N–H and O–H groups in total. The lowest BCUT2D eigenvalue weighted by Crippen LogP contribution is -2.39. The number of carbonyl (C=O) groups is 1. The van der Waals surface area contributed by atoms with E-state index in [0.717, 1.165) is 41.0 Å². The first-order valence-corrected chi connectivity index (χ1v) is 13.0. The van der Waals surface area contributed by atoms with Gasteiger partial charge in [0.1, 0.15) is 18.2 Å². The van der Waals surface area contributed by atoms with Crippen LogP contribution in [0, 0.1) is 30.1 Å². The van der Waals surface area contributed by atoms with E-state index in [1.165, 1.54) is 24.3 Å². The SMILES string of the molecule is CC(/C=N\c1c(C)c(=O)n(CC#N)c(=O)n1C)=C/CC(=O)Nc1cccc(-c2cnc(N3CC4CC4C3)nc2)n1. The summed E-state index contributed by atoms with van der Waals surface area (Å²) in [7, 11) is 1.49. The van der Waals surface area contributed by atoms with Gasteiger partial charge >= 0.3 is 5.69 Å². The van der Waals surface area contributed by atoms with Gasteiger partial charge in [0.15, 0.2) is 0 Å². The van der Waals surface area contributed by atoms with Crippen molar-refractivity contribution in [3.05, 3.63) is 68.6 Å². The second-order valence-corrected chi connectivity index (χ2v) is 10.1. The number of pyridine rings is 1. The van der Waals surface area contributed by atoms with E-state index in [4.69, 9.17) is 5.26 Å². The van der Waals surface area contributed by atoms with Crippen LogP contribution in [0.2, 0.25) is 0 Å². The monoisotopic (exact) mass is 539 g/mol. The lowest BCUT2D eigenvalue weighted by atomic mass is 10.2. The average Bonchev–Trinajstić information content (AvgIpc) is 3.57. The summed E-state index contributed by atoms with van der Waals surface area (Å²) >= 11 is 0. The van der Waals surface area contributed by atoms with Crippen molar-refractivity contribution in [2.75, 3.05) is 23.3 Å². The summed E-state index contributed by atoms with van der Waals surface area (Å²) < 4.78 is 2.08. The van der Waals surface area contributed by atoms with Crippen LogP contribution in [0.4, 0.5) is 17.6 Å². The summed E-state index contributed by atoms with van der Waals surface area (Å²) in [5.74, 6) is 2.68. The molecule has 0 radical (unpaired) electrons. The average molecular weight is 540 g/mol. The molecule has 0 bridgehead atoms. The van der Waals surface area contributed by atoms with Crippen molar-refractivity contribution in [1.29, 1.82) is 5.26 Å². The second-order valence-electron chi connectivity index (χ2n) is 10.1. The van der Waals surface area contributed by atoms with Crippen LogP contribution in [0.15, 0.2) is 56.8 Å². The number of carbonyl (C=O) groups excluding carboxylic acids is 1. The molecule has 2 fully saturated rings. The standard InChI is InChI=1S/C28H29N9O3/c1-17(12-30-25-18(2)26(39)37(10-9-29)28(40)35(25)3)7-8-24(38)34-23-6-4-5-22(33-23)21-13-31-27(32-14-21)36-15-19-11-20(19)16-36/h4-7,12-14,19-20H,8,10-11,15-16H2,1-3H3,(H,33,34,38)/b17-7-,30-12-. The first-order chi connectivity index (χ1) is 19.2. The van der Waals surface area contributed by atoms with Crippen LogP contribution >= 0.6 is 0 Å². The maximum atomic E-state index is 12.6. The Hall–Kier alpha value is -4.92. The number of nitrogens with zero attached hydrogens (tertiary/aromatic N) is 8. The van der Waals surface area contributed by atoms with Crippen LogP contribution in [-0.2, 0) is 18.4 Å². The highest BCUT2D eigenvalue weighted by atomic mass is 16.2. The van der Waals surface area contributed by atoms with E-state index in [-0.39, 0.29) is 30.3 Å². The second kappa shape index (κ2) is 11.1. The summed E-state index contributed by atoms with van der Waals surface area (Å²) in [4.78, 5) is 57.5. The van der Waals surface area contributed by atoms with Crippen molar-refractivity contribution in [3.8, 4) is 17.3 Å². The molecular weight excluding hydrogens is 510 g/mol. The zero-order chi connectivity index (χ0) is 28.4. The molecule has 12 nitrogen and oxygen atoms in total. The molecule has 2 aliphatic rings. The van der Waals surface area contributed by atoms with Gasteiger partial charge in [0.25, 0.3) is 5.56 Å². The number of nitrogens with one attached hydrogen (secondary N) is 1.